The third-order valence-corrected chi connectivity index (χ3v) is 4.73. The van der Waals surface area contributed by atoms with Crippen LogP contribution in [0, 0.1) is 6.92 Å². The highest BCUT2D eigenvalue weighted by Gasteiger charge is 2.00. The Morgan fingerprint density at radius 2 is 2.21 bits per heavy atom. The first-order valence-electron chi connectivity index (χ1n) is 5.98. The van der Waals surface area contributed by atoms with Crippen LogP contribution in [0.15, 0.2) is 40.2 Å². The quantitative estimate of drug-likeness (QED) is 0.798. The zero-order chi connectivity index (χ0) is 13.7. The topological polar surface area (TPSA) is 24.1 Å². The van der Waals surface area contributed by atoms with Crippen molar-refractivity contribution in [1.29, 1.82) is 0 Å². The molecular formula is C14H15BrN2S2. The molecule has 2 rings (SSSR count). The van der Waals surface area contributed by atoms with Gasteiger partial charge in [0.1, 0.15) is 0 Å². The van der Waals surface area contributed by atoms with E-state index in [-0.39, 0.29) is 0 Å². The molecule has 0 bridgehead atoms. The zero-order valence-electron chi connectivity index (χ0n) is 10.6. The van der Waals surface area contributed by atoms with Crippen LogP contribution in [0.4, 0.5) is 5.69 Å². The lowest BCUT2D eigenvalue weighted by atomic mass is 10.2. The Bertz CT molecular complexity index is 553. The lowest BCUT2D eigenvalue weighted by molar-refractivity contribution is 0.885. The Hall–Kier alpha value is -0.910. The lowest BCUT2D eigenvalue weighted by Gasteiger charge is -2.11. The summed E-state index contributed by atoms with van der Waals surface area (Å²) in [5.74, 6) is 0. The molecule has 5 heteroatoms. The van der Waals surface area contributed by atoms with Crippen molar-refractivity contribution in [3.63, 3.8) is 0 Å². The first-order valence-corrected chi connectivity index (χ1v) is 8.06. The van der Waals surface area contributed by atoms with Gasteiger partial charge in [-0.3, -0.25) is 0 Å². The molecule has 2 aromatic rings. The summed E-state index contributed by atoms with van der Waals surface area (Å²) in [6.45, 7) is 2.91. The molecule has 0 saturated carbocycles. The minimum atomic E-state index is 0.665. The van der Waals surface area contributed by atoms with Gasteiger partial charge in [-0.1, -0.05) is 22.0 Å². The summed E-state index contributed by atoms with van der Waals surface area (Å²) in [6.07, 6.45) is 0.999. The van der Waals surface area contributed by atoms with Gasteiger partial charge in [0, 0.05) is 21.6 Å². The van der Waals surface area contributed by atoms with E-state index in [1.165, 1.54) is 10.4 Å². The van der Waals surface area contributed by atoms with Crippen molar-refractivity contribution < 1.29 is 0 Å². The first kappa shape index (κ1) is 14.5. The molecular weight excluding hydrogens is 340 g/mol. The van der Waals surface area contributed by atoms with E-state index in [2.05, 4.69) is 57.1 Å². The minimum absolute atomic E-state index is 0.665. The van der Waals surface area contributed by atoms with E-state index >= 15 is 0 Å². The summed E-state index contributed by atoms with van der Waals surface area (Å²) >= 11 is 10.5. The van der Waals surface area contributed by atoms with Crippen LogP contribution >= 0.6 is 39.5 Å². The minimum Gasteiger partial charge on any atom is -0.362 e. The number of rotatable bonds is 4. The average molecular weight is 355 g/mol. The second-order valence-corrected chi connectivity index (χ2v) is 6.47. The molecule has 0 radical (unpaired) electrons. The maximum Gasteiger partial charge on any atom is 0.170 e. The molecule has 1 aromatic carbocycles. The van der Waals surface area contributed by atoms with Crippen LogP contribution in [0.5, 0.6) is 0 Å². The Kier molecular flexibility index (Phi) is 5.36. The Labute approximate surface area is 131 Å². The van der Waals surface area contributed by atoms with Gasteiger partial charge in [-0.25, -0.2) is 0 Å². The van der Waals surface area contributed by atoms with Crippen molar-refractivity contribution in [3.05, 3.63) is 50.6 Å². The van der Waals surface area contributed by atoms with E-state index in [1.54, 1.807) is 11.3 Å². The summed E-state index contributed by atoms with van der Waals surface area (Å²) in [5, 5.41) is 9.17. The molecule has 0 aliphatic rings. The van der Waals surface area contributed by atoms with Gasteiger partial charge in [-0.15, -0.1) is 11.3 Å². The van der Waals surface area contributed by atoms with Crippen molar-refractivity contribution in [2.45, 2.75) is 13.3 Å². The summed E-state index contributed by atoms with van der Waals surface area (Å²) < 4.78 is 1.11. The van der Waals surface area contributed by atoms with Crippen LogP contribution < -0.4 is 10.6 Å². The number of hydrogen-bond donors (Lipinski definition) is 2. The third kappa shape index (κ3) is 4.60. The predicted molar refractivity (Wildman–Crippen MR) is 91.1 cm³/mol. The van der Waals surface area contributed by atoms with Gasteiger partial charge >= 0.3 is 0 Å². The fraction of sp³-hybridized carbons (Fsp3) is 0.214. The van der Waals surface area contributed by atoms with Gasteiger partial charge in [0.2, 0.25) is 0 Å². The molecule has 0 amide bonds. The first-order chi connectivity index (χ1) is 9.15. The molecule has 0 saturated heterocycles. The predicted octanol–water partition coefficient (Wildman–Crippen LogP) is 4.35. The number of anilines is 1. The number of hydrogen-bond acceptors (Lipinski definition) is 2. The van der Waals surface area contributed by atoms with E-state index in [0.29, 0.717) is 5.11 Å². The summed E-state index contributed by atoms with van der Waals surface area (Å²) in [5.41, 5.74) is 2.20. The van der Waals surface area contributed by atoms with E-state index in [0.717, 1.165) is 23.1 Å². The number of benzene rings is 1. The molecule has 0 fully saturated rings. The molecule has 1 heterocycles. The van der Waals surface area contributed by atoms with E-state index in [9.17, 15) is 0 Å². The fourth-order valence-corrected chi connectivity index (χ4v) is 2.83. The highest BCUT2D eigenvalue weighted by Crippen LogP contribution is 2.19. The van der Waals surface area contributed by atoms with Crippen molar-refractivity contribution in [2.24, 2.45) is 0 Å². The molecule has 0 aliphatic heterocycles. The number of thiophene rings is 1. The van der Waals surface area contributed by atoms with E-state index < -0.39 is 0 Å². The maximum absolute atomic E-state index is 5.28. The largest absolute Gasteiger partial charge is 0.362 e. The number of halogens is 1. The lowest BCUT2D eigenvalue weighted by Crippen LogP contribution is -2.30. The number of nitrogens with one attached hydrogen (secondary N) is 2. The van der Waals surface area contributed by atoms with Crippen LogP contribution in [0.2, 0.25) is 0 Å². The van der Waals surface area contributed by atoms with Crippen LogP contribution in [-0.4, -0.2) is 11.7 Å². The molecule has 0 unspecified atom stereocenters. The smallest absolute Gasteiger partial charge is 0.170 e. The van der Waals surface area contributed by atoms with Crippen molar-refractivity contribution in [3.8, 4) is 0 Å². The third-order valence-electron chi connectivity index (χ3n) is 2.65. The Balaban J connectivity index is 1.79. The van der Waals surface area contributed by atoms with Gasteiger partial charge < -0.3 is 10.6 Å². The molecule has 2 N–H and O–H groups in total. The van der Waals surface area contributed by atoms with Gasteiger partial charge in [-0.05, 0) is 60.8 Å². The highest BCUT2D eigenvalue weighted by molar-refractivity contribution is 9.10. The highest BCUT2D eigenvalue weighted by atomic mass is 79.9. The average Bonchev–Trinajstić information content (AvgIpc) is 2.87. The molecule has 19 heavy (non-hydrogen) atoms. The SMILES string of the molecule is Cc1cc(NC(=S)NCCc2cccs2)ccc1Br. The van der Waals surface area contributed by atoms with Crippen LogP contribution in [0.25, 0.3) is 0 Å². The molecule has 0 spiro atoms. The second kappa shape index (κ2) is 7.03. The van der Waals surface area contributed by atoms with E-state index in [1.807, 2.05) is 12.1 Å². The number of thiocarbonyl (C=S) groups is 1. The Morgan fingerprint density at radius 3 is 2.89 bits per heavy atom. The van der Waals surface area contributed by atoms with Crippen molar-refractivity contribution >= 4 is 50.3 Å². The molecule has 100 valence electrons. The summed E-state index contributed by atoms with van der Waals surface area (Å²) in [4.78, 5) is 1.37. The van der Waals surface area contributed by atoms with Crippen LogP contribution in [-0.2, 0) is 6.42 Å². The summed E-state index contributed by atoms with van der Waals surface area (Å²) in [7, 11) is 0. The van der Waals surface area contributed by atoms with Crippen molar-refractivity contribution in [2.75, 3.05) is 11.9 Å². The monoisotopic (exact) mass is 354 g/mol. The van der Waals surface area contributed by atoms with Crippen molar-refractivity contribution in [1.82, 2.24) is 5.32 Å². The van der Waals surface area contributed by atoms with Crippen LogP contribution in [0.3, 0.4) is 0 Å². The van der Waals surface area contributed by atoms with Gasteiger partial charge in [-0.2, -0.15) is 0 Å². The normalized spacial score (nSPS) is 10.2. The van der Waals surface area contributed by atoms with Gasteiger partial charge in [0.05, 0.1) is 0 Å². The van der Waals surface area contributed by atoms with Crippen LogP contribution in [0.1, 0.15) is 10.4 Å². The number of aryl methyl sites for hydroxylation is 1. The van der Waals surface area contributed by atoms with Gasteiger partial charge in [0.15, 0.2) is 5.11 Å². The molecule has 0 atom stereocenters. The molecule has 0 aliphatic carbocycles. The fourth-order valence-electron chi connectivity index (χ4n) is 1.65. The maximum atomic E-state index is 5.28. The molecule has 2 nitrogen and oxygen atoms in total. The second-order valence-electron chi connectivity index (χ2n) is 4.17. The van der Waals surface area contributed by atoms with E-state index in [4.69, 9.17) is 12.2 Å². The standard InChI is InChI=1S/C14H15BrN2S2/c1-10-9-11(4-5-13(10)15)17-14(18)16-7-6-12-3-2-8-19-12/h2-5,8-9H,6-7H2,1H3,(H2,16,17,18). The Morgan fingerprint density at radius 1 is 1.37 bits per heavy atom. The zero-order valence-corrected chi connectivity index (χ0v) is 13.8. The summed E-state index contributed by atoms with van der Waals surface area (Å²) in [6, 6.07) is 10.3. The molecule has 1 aromatic heterocycles. The van der Waals surface area contributed by atoms with Gasteiger partial charge in [0.25, 0.3) is 0 Å².